The van der Waals surface area contributed by atoms with E-state index in [-0.39, 0.29) is 18.9 Å². The quantitative estimate of drug-likeness (QED) is 0.0361. The topological polar surface area (TPSA) is 89.8 Å². The fourth-order valence-corrected chi connectivity index (χ4v) is 10.5. The standard InChI is InChI=1S/C64H127NO4/c1-3-5-7-9-11-13-15-17-19-21-23-25-26-27-28-29-30-31-32-33-34-35-36-38-39-41-43-45-47-49-51-53-55-57-61(67)59-64(69)65-62(60-66)63(68)58-56-54-52-50-48-46-44-42-40-37-24-22-20-18-16-14-12-10-8-6-4-2/h56,58,61-63,66-68H,3-55,57,59-60H2,1-2H3,(H,65,69)/b58-56+. The van der Waals surface area contributed by atoms with Gasteiger partial charge in [-0.25, -0.2) is 0 Å². The van der Waals surface area contributed by atoms with Gasteiger partial charge in [-0.15, -0.1) is 0 Å². The minimum Gasteiger partial charge on any atom is -0.394 e. The van der Waals surface area contributed by atoms with Crippen molar-refractivity contribution in [1.29, 1.82) is 0 Å². The molecule has 0 aliphatic carbocycles. The molecule has 0 saturated heterocycles. The molecule has 0 aromatic carbocycles. The zero-order valence-corrected chi connectivity index (χ0v) is 47.2. The second-order valence-corrected chi connectivity index (χ2v) is 22.4. The largest absolute Gasteiger partial charge is 0.394 e. The Balaban J connectivity index is 3.47. The van der Waals surface area contributed by atoms with Gasteiger partial charge in [-0.1, -0.05) is 353 Å². The summed E-state index contributed by atoms with van der Waals surface area (Å²) in [5.74, 6) is -0.307. The van der Waals surface area contributed by atoms with Crippen LogP contribution in [-0.4, -0.2) is 46.1 Å². The minimum absolute atomic E-state index is 0.0198. The number of allylic oxidation sites excluding steroid dienone is 1. The minimum atomic E-state index is -0.927. The Morgan fingerprint density at radius 2 is 0.594 bits per heavy atom. The molecule has 0 radical (unpaired) electrons. The maximum absolute atomic E-state index is 12.6. The number of rotatable bonds is 60. The molecule has 5 nitrogen and oxygen atoms in total. The highest BCUT2D eigenvalue weighted by Gasteiger charge is 2.20. The molecule has 0 heterocycles. The van der Waals surface area contributed by atoms with Crippen molar-refractivity contribution in [3.05, 3.63) is 12.2 Å². The SMILES string of the molecule is CCCCCCCCCCCCCCCCCCCCC/C=C/C(O)C(CO)NC(=O)CC(O)CCCCCCCCCCCCCCCCCCCCCCCCCCCCCCCCCCC. The summed E-state index contributed by atoms with van der Waals surface area (Å²) in [6, 6.07) is -0.742. The summed E-state index contributed by atoms with van der Waals surface area (Å²) >= 11 is 0. The van der Waals surface area contributed by atoms with Gasteiger partial charge in [0.25, 0.3) is 0 Å². The van der Waals surface area contributed by atoms with Crippen LogP contribution in [0.3, 0.4) is 0 Å². The van der Waals surface area contributed by atoms with Gasteiger partial charge in [0.2, 0.25) is 5.91 Å². The summed E-state index contributed by atoms with van der Waals surface area (Å²) in [7, 11) is 0. The van der Waals surface area contributed by atoms with E-state index >= 15 is 0 Å². The molecule has 0 aliphatic rings. The molecule has 412 valence electrons. The Bertz CT molecular complexity index is 987. The van der Waals surface area contributed by atoms with Crippen molar-refractivity contribution in [1.82, 2.24) is 5.32 Å². The maximum atomic E-state index is 12.6. The van der Waals surface area contributed by atoms with E-state index in [1.807, 2.05) is 6.08 Å². The Morgan fingerprint density at radius 3 is 0.841 bits per heavy atom. The van der Waals surface area contributed by atoms with Crippen LogP contribution in [0.25, 0.3) is 0 Å². The predicted octanol–water partition coefficient (Wildman–Crippen LogP) is 20.2. The molecule has 4 N–H and O–H groups in total. The van der Waals surface area contributed by atoms with Gasteiger partial charge >= 0.3 is 0 Å². The van der Waals surface area contributed by atoms with Crippen LogP contribution < -0.4 is 5.32 Å². The Hall–Kier alpha value is -0.910. The highest BCUT2D eigenvalue weighted by molar-refractivity contribution is 5.76. The first kappa shape index (κ1) is 68.1. The summed E-state index contributed by atoms with van der Waals surface area (Å²) in [4.78, 5) is 12.6. The lowest BCUT2D eigenvalue weighted by atomic mass is 10.0. The summed E-state index contributed by atoms with van der Waals surface area (Å²) in [5, 5.41) is 33.6. The molecule has 3 atom stereocenters. The molecule has 0 spiro atoms. The third-order valence-electron chi connectivity index (χ3n) is 15.3. The molecule has 1 amide bonds. The monoisotopic (exact) mass is 974 g/mol. The normalized spacial score (nSPS) is 13.2. The third kappa shape index (κ3) is 56.2. The molecule has 0 aliphatic heterocycles. The number of aliphatic hydroxyl groups is 3. The van der Waals surface area contributed by atoms with E-state index in [1.54, 1.807) is 6.08 Å². The number of unbranched alkanes of at least 4 members (excludes halogenated alkanes) is 51. The number of amides is 1. The van der Waals surface area contributed by atoms with Crippen LogP contribution in [0.4, 0.5) is 0 Å². The first-order valence-electron chi connectivity index (χ1n) is 32.0. The number of nitrogens with one attached hydrogen (secondary N) is 1. The zero-order chi connectivity index (χ0) is 50.0. The van der Waals surface area contributed by atoms with Crippen molar-refractivity contribution in [2.45, 2.75) is 385 Å². The molecule has 0 rings (SSSR count). The lowest BCUT2D eigenvalue weighted by molar-refractivity contribution is -0.124. The second kappa shape index (κ2) is 59.7. The van der Waals surface area contributed by atoms with Crippen LogP contribution in [0.5, 0.6) is 0 Å². The van der Waals surface area contributed by atoms with Crippen molar-refractivity contribution in [2.24, 2.45) is 0 Å². The van der Waals surface area contributed by atoms with Gasteiger partial charge in [0.05, 0.1) is 31.3 Å². The number of carbonyl (C=O) groups is 1. The first-order valence-corrected chi connectivity index (χ1v) is 32.0. The van der Waals surface area contributed by atoms with Crippen LogP contribution in [-0.2, 0) is 4.79 Å². The van der Waals surface area contributed by atoms with Crippen molar-refractivity contribution >= 4 is 5.91 Å². The van der Waals surface area contributed by atoms with E-state index in [9.17, 15) is 20.1 Å². The van der Waals surface area contributed by atoms with Crippen molar-refractivity contribution in [2.75, 3.05) is 6.61 Å². The van der Waals surface area contributed by atoms with E-state index in [4.69, 9.17) is 0 Å². The lowest BCUT2D eigenvalue weighted by Gasteiger charge is -2.21. The summed E-state index contributed by atoms with van der Waals surface area (Å²) in [6.07, 6.45) is 75.8. The number of hydrogen-bond acceptors (Lipinski definition) is 4. The van der Waals surface area contributed by atoms with Crippen LogP contribution in [0, 0.1) is 0 Å². The van der Waals surface area contributed by atoms with Gasteiger partial charge in [0, 0.05) is 0 Å². The van der Waals surface area contributed by atoms with Crippen LogP contribution in [0.2, 0.25) is 0 Å². The number of aliphatic hydroxyl groups excluding tert-OH is 3. The molecule has 0 saturated carbocycles. The van der Waals surface area contributed by atoms with E-state index in [1.165, 1.54) is 315 Å². The summed E-state index contributed by atoms with van der Waals surface area (Å²) in [6.45, 7) is 4.27. The van der Waals surface area contributed by atoms with E-state index in [0.717, 1.165) is 25.7 Å². The van der Waals surface area contributed by atoms with Gasteiger partial charge in [0.1, 0.15) is 0 Å². The molecule has 3 unspecified atom stereocenters. The molecule has 69 heavy (non-hydrogen) atoms. The first-order chi connectivity index (χ1) is 34.0. The van der Waals surface area contributed by atoms with Crippen LogP contribution in [0.1, 0.15) is 367 Å². The maximum Gasteiger partial charge on any atom is 0.222 e. The summed E-state index contributed by atoms with van der Waals surface area (Å²) in [5.41, 5.74) is 0. The van der Waals surface area contributed by atoms with Gasteiger partial charge in [-0.05, 0) is 19.3 Å². The van der Waals surface area contributed by atoms with E-state index in [2.05, 4.69) is 19.2 Å². The van der Waals surface area contributed by atoms with Crippen molar-refractivity contribution in [3.63, 3.8) is 0 Å². The Labute approximate surface area is 433 Å². The fraction of sp³-hybridized carbons (Fsp3) is 0.953. The molecular formula is C64H127NO4. The van der Waals surface area contributed by atoms with Gasteiger partial charge < -0.3 is 20.6 Å². The molecule has 5 heteroatoms. The predicted molar refractivity (Wildman–Crippen MR) is 305 cm³/mol. The molecule has 0 aromatic heterocycles. The zero-order valence-electron chi connectivity index (χ0n) is 47.2. The Morgan fingerprint density at radius 1 is 0.362 bits per heavy atom. The molecule has 0 fully saturated rings. The molecule has 0 bridgehead atoms. The lowest BCUT2D eigenvalue weighted by Crippen LogP contribution is -2.45. The van der Waals surface area contributed by atoms with E-state index in [0.29, 0.717) is 6.42 Å². The average molecular weight is 975 g/mol. The Kier molecular flexibility index (Phi) is 58.9. The second-order valence-electron chi connectivity index (χ2n) is 22.4. The van der Waals surface area contributed by atoms with Gasteiger partial charge in [-0.3, -0.25) is 4.79 Å². The van der Waals surface area contributed by atoms with Crippen LogP contribution in [0.15, 0.2) is 12.2 Å². The number of hydrogen-bond donors (Lipinski definition) is 4. The third-order valence-corrected chi connectivity index (χ3v) is 15.3. The number of carbonyl (C=O) groups excluding carboxylic acids is 1. The van der Waals surface area contributed by atoms with Crippen molar-refractivity contribution < 1.29 is 20.1 Å². The molecular weight excluding hydrogens is 847 g/mol. The van der Waals surface area contributed by atoms with Crippen LogP contribution >= 0.6 is 0 Å². The fourth-order valence-electron chi connectivity index (χ4n) is 10.5. The highest BCUT2D eigenvalue weighted by atomic mass is 16.3. The molecule has 0 aromatic rings. The smallest absolute Gasteiger partial charge is 0.222 e. The average Bonchev–Trinajstić information content (AvgIpc) is 3.35. The highest BCUT2D eigenvalue weighted by Crippen LogP contribution is 2.19. The van der Waals surface area contributed by atoms with Gasteiger partial charge in [-0.2, -0.15) is 0 Å². The van der Waals surface area contributed by atoms with Crippen molar-refractivity contribution in [3.8, 4) is 0 Å². The summed E-state index contributed by atoms with van der Waals surface area (Å²) < 4.78 is 0. The van der Waals surface area contributed by atoms with E-state index < -0.39 is 18.2 Å². The van der Waals surface area contributed by atoms with Gasteiger partial charge in [0.15, 0.2) is 0 Å².